The van der Waals surface area contributed by atoms with E-state index in [2.05, 4.69) is 5.32 Å². The third-order valence-corrected chi connectivity index (χ3v) is 5.13. The lowest BCUT2D eigenvalue weighted by molar-refractivity contribution is -0.138. The van der Waals surface area contributed by atoms with Crippen molar-refractivity contribution in [2.24, 2.45) is 0 Å². The molecule has 1 aliphatic rings. The molecule has 1 aromatic carbocycles. The highest BCUT2D eigenvalue weighted by molar-refractivity contribution is 7.90. The van der Waals surface area contributed by atoms with Crippen molar-refractivity contribution in [3.63, 3.8) is 0 Å². The summed E-state index contributed by atoms with van der Waals surface area (Å²) in [5, 5.41) is 7.19. The molecule has 2 rings (SSSR count). The largest absolute Gasteiger partial charge is 0.359 e. The molecular formula is C16H23N3O3S2. The lowest BCUT2D eigenvalue weighted by Gasteiger charge is -2.31. The van der Waals surface area contributed by atoms with Gasteiger partial charge in [0.15, 0.2) is 14.9 Å². The summed E-state index contributed by atoms with van der Waals surface area (Å²) < 4.78 is 23.0. The molecule has 0 unspecified atom stereocenters. The van der Waals surface area contributed by atoms with Crippen LogP contribution in [0.4, 0.5) is 0 Å². The highest BCUT2D eigenvalue weighted by Gasteiger charge is 2.28. The van der Waals surface area contributed by atoms with E-state index in [1.54, 1.807) is 17.1 Å². The van der Waals surface area contributed by atoms with Crippen LogP contribution in [0.1, 0.15) is 25.8 Å². The van der Waals surface area contributed by atoms with Crippen molar-refractivity contribution in [1.29, 1.82) is 0 Å². The molecule has 0 aromatic heterocycles. The average molecular weight is 370 g/mol. The zero-order chi connectivity index (χ0) is 17.9. The maximum Gasteiger partial charge on any atom is 0.245 e. The van der Waals surface area contributed by atoms with Gasteiger partial charge in [0.2, 0.25) is 5.91 Å². The van der Waals surface area contributed by atoms with Crippen LogP contribution < -0.4 is 5.32 Å². The minimum absolute atomic E-state index is 0.0486. The number of hydrazine groups is 1. The highest BCUT2D eigenvalue weighted by atomic mass is 32.2. The SMILES string of the molecule is CC(C)NC(=S)N1CCCN1C(=O)Cc1ccc(S(C)(=O)=O)cc1. The van der Waals surface area contributed by atoms with Gasteiger partial charge in [0.05, 0.1) is 11.3 Å². The Hall–Kier alpha value is -1.67. The number of nitrogens with zero attached hydrogens (tertiary/aromatic N) is 2. The number of sulfone groups is 1. The fourth-order valence-electron chi connectivity index (χ4n) is 2.52. The first-order valence-corrected chi connectivity index (χ1v) is 10.2. The predicted octanol–water partition coefficient (Wildman–Crippen LogP) is 1.36. The molecule has 8 heteroatoms. The van der Waals surface area contributed by atoms with Crippen LogP contribution in [0.5, 0.6) is 0 Å². The highest BCUT2D eigenvalue weighted by Crippen LogP contribution is 2.15. The van der Waals surface area contributed by atoms with Gasteiger partial charge in [0.25, 0.3) is 0 Å². The van der Waals surface area contributed by atoms with E-state index in [-0.39, 0.29) is 23.3 Å². The summed E-state index contributed by atoms with van der Waals surface area (Å²) in [6.07, 6.45) is 2.25. The van der Waals surface area contributed by atoms with Gasteiger partial charge in [-0.3, -0.25) is 14.8 Å². The number of hydrogen-bond donors (Lipinski definition) is 1. The van der Waals surface area contributed by atoms with E-state index in [9.17, 15) is 13.2 Å². The van der Waals surface area contributed by atoms with E-state index in [1.165, 1.54) is 12.1 Å². The first kappa shape index (κ1) is 18.7. The Labute approximate surface area is 148 Å². The van der Waals surface area contributed by atoms with Crippen LogP contribution in [-0.2, 0) is 21.1 Å². The van der Waals surface area contributed by atoms with Gasteiger partial charge < -0.3 is 5.32 Å². The van der Waals surface area contributed by atoms with Gasteiger partial charge in [0, 0.05) is 25.4 Å². The van der Waals surface area contributed by atoms with Crippen molar-refractivity contribution in [3.8, 4) is 0 Å². The molecule has 0 bridgehead atoms. The summed E-state index contributed by atoms with van der Waals surface area (Å²) in [5.41, 5.74) is 0.780. The number of amides is 1. The van der Waals surface area contributed by atoms with Crippen LogP contribution in [0.25, 0.3) is 0 Å². The van der Waals surface area contributed by atoms with Crippen LogP contribution in [0.3, 0.4) is 0 Å². The van der Waals surface area contributed by atoms with Crippen LogP contribution in [0.2, 0.25) is 0 Å². The van der Waals surface area contributed by atoms with E-state index < -0.39 is 9.84 Å². The molecule has 1 saturated heterocycles. The molecule has 1 amide bonds. The van der Waals surface area contributed by atoms with Crippen molar-refractivity contribution < 1.29 is 13.2 Å². The lowest BCUT2D eigenvalue weighted by atomic mass is 10.1. The molecule has 132 valence electrons. The van der Waals surface area contributed by atoms with E-state index in [0.29, 0.717) is 11.7 Å². The monoisotopic (exact) mass is 369 g/mol. The molecule has 0 aliphatic carbocycles. The van der Waals surface area contributed by atoms with Crippen LogP contribution >= 0.6 is 12.2 Å². The smallest absolute Gasteiger partial charge is 0.245 e. The summed E-state index contributed by atoms with van der Waals surface area (Å²) in [7, 11) is -3.22. The Balaban J connectivity index is 2.04. The summed E-state index contributed by atoms with van der Waals surface area (Å²) in [6, 6.07) is 6.63. The quantitative estimate of drug-likeness (QED) is 0.809. The van der Waals surface area contributed by atoms with Gasteiger partial charge in [-0.05, 0) is 50.2 Å². The predicted molar refractivity (Wildman–Crippen MR) is 97.2 cm³/mol. The fraction of sp³-hybridized carbons (Fsp3) is 0.500. The van der Waals surface area contributed by atoms with E-state index >= 15 is 0 Å². The average Bonchev–Trinajstić information content (AvgIpc) is 2.95. The van der Waals surface area contributed by atoms with Crippen molar-refractivity contribution in [3.05, 3.63) is 29.8 Å². The molecule has 0 saturated carbocycles. The second-order valence-corrected chi connectivity index (χ2v) is 8.59. The number of nitrogens with one attached hydrogen (secondary N) is 1. The molecule has 24 heavy (non-hydrogen) atoms. The molecule has 0 radical (unpaired) electrons. The second-order valence-electron chi connectivity index (χ2n) is 6.19. The van der Waals surface area contributed by atoms with Gasteiger partial charge in [-0.1, -0.05) is 12.1 Å². The van der Waals surface area contributed by atoms with Gasteiger partial charge in [-0.25, -0.2) is 8.42 Å². The van der Waals surface area contributed by atoms with Crippen LogP contribution in [0, 0.1) is 0 Å². The Morgan fingerprint density at radius 3 is 2.33 bits per heavy atom. The van der Waals surface area contributed by atoms with Crippen LogP contribution in [0.15, 0.2) is 29.2 Å². The number of hydrogen-bond acceptors (Lipinski definition) is 4. The third kappa shape index (κ3) is 4.67. The van der Waals surface area contributed by atoms with Crippen molar-refractivity contribution in [1.82, 2.24) is 15.3 Å². The first-order valence-electron chi connectivity index (χ1n) is 7.86. The van der Waals surface area contributed by atoms with Crippen molar-refractivity contribution in [2.75, 3.05) is 19.3 Å². The molecule has 0 atom stereocenters. The Morgan fingerprint density at radius 1 is 1.21 bits per heavy atom. The zero-order valence-electron chi connectivity index (χ0n) is 14.2. The second kappa shape index (κ2) is 7.48. The molecule has 1 aliphatic heterocycles. The van der Waals surface area contributed by atoms with E-state index in [1.807, 2.05) is 18.9 Å². The zero-order valence-corrected chi connectivity index (χ0v) is 15.8. The minimum Gasteiger partial charge on any atom is -0.359 e. The molecule has 1 fully saturated rings. The normalized spacial score (nSPS) is 15.0. The molecule has 1 aromatic rings. The number of rotatable bonds is 4. The van der Waals surface area contributed by atoms with E-state index in [4.69, 9.17) is 12.2 Å². The van der Waals surface area contributed by atoms with Gasteiger partial charge in [-0.15, -0.1) is 0 Å². The van der Waals surface area contributed by atoms with Crippen molar-refractivity contribution >= 4 is 33.1 Å². The Kier molecular flexibility index (Phi) is 5.82. The van der Waals surface area contributed by atoms with E-state index in [0.717, 1.165) is 24.8 Å². The van der Waals surface area contributed by atoms with Crippen LogP contribution in [-0.4, -0.2) is 54.8 Å². The number of carbonyl (C=O) groups is 1. The Bertz CT molecular complexity index is 715. The maximum absolute atomic E-state index is 12.6. The summed E-state index contributed by atoms with van der Waals surface area (Å²) in [5.74, 6) is -0.0486. The maximum atomic E-state index is 12.6. The van der Waals surface area contributed by atoms with Gasteiger partial charge in [0.1, 0.15) is 0 Å². The first-order chi connectivity index (χ1) is 11.2. The Morgan fingerprint density at radius 2 is 1.79 bits per heavy atom. The third-order valence-electron chi connectivity index (χ3n) is 3.67. The molecular weight excluding hydrogens is 346 g/mol. The fourth-order valence-corrected chi connectivity index (χ4v) is 3.58. The molecule has 1 N–H and O–H groups in total. The minimum atomic E-state index is -3.22. The lowest BCUT2D eigenvalue weighted by Crippen LogP contribution is -2.50. The van der Waals surface area contributed by atoms with Gasteiger partial charge >= 0.3 is 0 Å². The number of thiocarbonyl (C=S) groups is 1. The summed E-state index contributed by atoms with van der Waals surface area (Å²) >= 11 is 5.36. The molecule has 1 heterocycles. The summed E-state index contributed by atoms with van der Waals surface area (Å²) in [6.45, 7) is 5.35. The van der Waals surface area contributed by atoms with Crippen molar-refractivity contribution in [2.45, 2.75) is 37.6 Å². The number of benzene rings is 1. The number of carbonyl (C=O) groups excluding carboxylic acids is 1. The standard InChI is InChI=1S/C16H23N3O3S2/c1-12(2)17-16(23)19-10-4-9-18(19)15(20)11-13-5-7-14(8-6-13)24(3,21)22/h5-8,12H,4,9-11H2,1-3H3,(H,17,23). The van der Waals surface area contributed by atoms with Gasteiger partial charge in [-0.2, -0.15) is 0 Å². The molecule has 0 spiro atoms. The molecule has 6 nitrogen and oxygen atoms in total. The summed E-state index contributed by atoms with van der Waals surface area (Å²) in [4.78, 5) is 12.8. The topological polar surface area (TPSA) is 69.7 Å².